The van der Waals surface area contributed by atoms with Crippen molar-refractivity contribution in [3.63, 3.8) is 0 Å². The Morgan fingerprint density at radius 1 is 0.909 bits per heavy atom. The van der Waals surface area contributed by atoms with Gasteiger partial charge in [0.2, 0.25) is 0 Å². The second-order valence-corrected chi connectivity index (χ2v) is 7.72. The van der Waals surface area contributed by atoms with E-state index in [9.17, 15) is 14.9 Å². The number of nitro benzene ring substituents is 1. The van der Waals surface area contributed by atoms with Crippen LogP contribution in [0.25, 0.3) is 11.6 Å². The highest BCUT2D eigenvalue weighted by molar-refractivity contribution is 6.24. The van der Waals surface area contributed by atoms with E-state index in [1.165, 1.54) is 12.1 Å². The highest BCUT2D eigenvalue weighted by atomic mass is 16.6. The Morgan fingerprint density at radius 2 is 1.55 bits per heavy atom. The van der Waals surface area contributed by atoms with Gasteiger partial charge in [-0.2, -0.15) is 0 Å². The summed E-state index contributed by atoms with van der Waals surface area (Å²) in [5, 5.41) is 11.0. The summed E-state index contributed by atoms with van der Waals surface area (Å²) in [6, 6.07) is 23.6. The minimum absolute atomic E-state index is 0.0206. The number of anilines is 1. The van der Waals surface area contributed by atoms with E-state index in [4.69, 9.17) is 4.74 Å². The van der Waals surface area contributed by atoms with Crippen molar-refractivity contribution in [1.82, 2.24) is 4.90 Å². The van der Waals surface area contributed by atoms with Gasteiger partial charge in [0, 0.05) is 43.9 Å². The number of benzene rings is 3. The maximum atomic E-state index is 13.6. The maximum absolute atomic E-state index is 13.6. The Kier molecular flexibility index (Phi) is 6.69. The van der Waals surface area contributed by atoms with E-state index < -0.39 is 4.92 Å². The monoisotopic (exact) mass is 443 g/mol. The number of carbonyl (C=O) groups excluding carboxylic acids is 1. The summed E-state index contributed by atoms with van der Waals surface area (Å²) in [4.78, 5) is 28.2. The molecule has 7 heteroatoms. The van der Waals surface area contributed by atoms with E-state index in [1.54, 1.807) is 25.3 Å². The van der Waals surface area contributed by atoms with E-state index in [0.717, 1.165) is 22.6 Å². The number of piperazine rings is 1. The minimum atomic E-state index is -0.433. The topological polar surface area (TPSA) is 75.9 Å². The molecule has 0 N–H and O–H groups in total. The lowest BCUT2D eigenvalue weighted by Gasteiger charge is -2.37. The number of amides is 1. The van der Waals surface area contributed by atoms with Crippen LogP contribution in [0.4, 0.5) is 11.4 Å². The third-order valence-electron chi connectivity index (χ3n) is 5.72. The number of methoxy groups -OCH3 is 1. The average Bonchev–Trinajstić information content (AvgIpc) is 2.87. The van der Waals surface area contributed by atoms with Gasteiger partial charge in [-0.05, 0) is 41.5 Å². The third kappa shape index (κ3) is 5.03. The number of hydrogen-bond acceptors (Lipinski definition) is 5. The van der Waals surface area contributed by atoms with Gasteiger partial charge in [0.05, 0.1) is 17.7 Å². The highest BCUT2D eigenvalue weighted by Gasteiger charge is 2.25. The molecule has 1 aliphatic rings. The predicted molar refractivity (Wildman–Crippen MR) is 129 cm³/mol. The summed E-state index contributed by atoms with van der Waals surface area (Å²) < 4.78 is 5.48. The lowest BCUT2D eigenvalue weighted by molar-refractivity contribution is -0.384. The molecule has 0 aliphatic carbocycles. The molecule has 0 bridgehead atoms. The first-order valence-electron chi connectivity index (χ1n) is 10.8. The minimum Gasteiger partial charge on any atom is -0.495 e. The van der Waals surface area contributed by atoms with Gasteiger partial charge in [-0.25, -0.2) is 0 Å². The van der Waals surface area contributed by atoms with E-state index in [-0.39, 0.29) is 11.6 Å². The van der Waals surface area contributed by atoms with Crippen LogP contribution in [0.2, 0.25) is 0 Å². The molecule has 1 saturated heterocycles. The Hall–Kier alpha value is -4.13. The van der Waals surface area contributed by atoms with Crippen molar-refractivity contribution in [2.24, 2.45) is 0 Å². The number of nitrogens with zero attached hydrogens (tertiary/aromatic N) is 3. The SMILES string of the molecule is COc1ccccc1N1CCN(C(=O)/C(=C/c2ccc([N+](=O)[O-])cc2)c2ccccc2)CC1. The van der Waals surface area contributed by atoms with Gasteiger partial charge in [-0.3, -0.25) is 14.9 Å². The van der Waals surface area contributed by atoms with Crippen LogP contribution in [-0.2, 0) is 4.79 Å². The van der Waals surface area contributed by atoms with Gasteiger partial charge in [0.15, 0.2) is 0 Å². The molecule has 0 saturated carbocycles. The zero-order valence-electron chi connectivity index (χ0n) is 18.4. The molecule has 3 aromatic carbocycles. The average molecular weight is 444 g/mol. The summed E-state index contributed by atoms with van der Waals surface area (Å²) in [5.41, 5.74) is 3.16. The van der Waals surface area contributed by atoms with Gasteiger partial charge in [0.25, 0.3) is 11.6 Å². The lowest BCUT2D eigenvalue weighted by Crippen LogP contribution is -2.49. The maximum Gasteiger partial charge on any atom is 0.269 e. The number of nitro groups is 1. The molecule has 0 radical (unpaired) electrons. The molecule has 1 heterocycles. The summed E-state index contributed by atoms with van der Waals surface area (Å²) >= 11 is 0. The van der Waals surface area contributed by atoms with Gasteiger partial charge < -0.3 is 14.5 Å². The lowest BCUT2D eigenvalue weighted by atomic mass is 10.0. The molecule has 4 rings (SSSR count). The molecule has 1 fully saturated rings. The summed E-state index contributed by atoms with van der Waals surface area (Å²) in [7, 11) is 1.66. The molecule has 1 amide bonds. The number of carbonyl (C=O) groups is 1. The predicted octanol–water partition coefficient (Wildman–Crippen LogP) is 4.49. The smallest absolute Gasteiger partial charge is 0.269 e. The molecule has 1 aliphatic heterocycles. The van der Waals surface area contributed by atoms with Crippen molar-refractivity contribution in [2.75, 3.05) is 38.2 Å². The number of non-ortho nitro benzene ring substituents is 1. The first-order chi connectivity index (χ1) is 16.1. The van der Waals surface area contributed by atoms with E-state index in [0.29, 0.717) is 31.8 Å². The summed E-state index contributed by atoms with van der Waals surface area (Å²) in [5.74, 6) is 0.763. The highest BCUT2D eigenvalue weighted by Crippen LogP contribution is 2.29. The Labute approximate surface area is 192 Å². The number of rotatable bonds is 6. The largest absolute Gasteiger partial charge is 0.495 e. The van der Waals surface area contributed by atoms with Crippen molar-refractivity contribution in [3.05, 3.63) is 100 Å². The van der Waals surface area contributed by atoms with Crippen molar-refractivity contribution in [3.8, 4) is 5.75 Å². The molecular weight excluding hydrogens is 418 g/mol. The zero-order valence-corrected chi connectivity index (χ0v) is 18.4. The van der Waals surface area contributed by atoms with Crippen LogP contribution in [-0.4, -0.2) is 49.0 Å². The van der Waals surface area contributed by atoms with Crippen LogP contribution in [0.5, 0.6) is 5.75 Å². The van der Waals surface area contributed by atoms with Gasteiger partial charge in [-0.15, -0.1) is 0 Å². The fraction of sp³-hybridized carbons (Fsp3) is 0.192. The number of para-hydroxylation sites is 2. The van der Waals surface area contributed by atoms with Crippen LogP contribution in [0.15, 0.2) is 78.9 Å². The first kappa shape index (κ1) is 22.1. The van der Waals surface area contributed by atoms with Crippen molar-refractivity contribution in [2.45, 2.75) is 0 Å². The molecule has 33 heavy (non-hydrogen) atoms. The van der Waals surface area contributed by atoms with Crippen molar-refractivity contribution >= 4 is 28.9 Å². The van der Waals surface area contributed by atoms with Gasteiger partial charge in [0.1, 0.15) is 5.75 Å². The molecule has 0 aromatic heterocycles. The first-order valence-corrected chi connectivity index (χ1v) is 10.8. The number of hydrogen-bond donors (Lipinski definition) is 0. The molecule has 168 valence electrons. The Bertz CT molecular complexity index is 1150. The fourth-order valence-corrected chi connectivity index (χ4v) is 3.96. The quantitative estimate of drug-likeness (QED) is 0.243. The molecule has 3 aromatic rings. The van der Waals surface area contributed by atoms with Crippen molar-refractivity contribution < 1.29 is 14.5 Å². The van der Waals surface area contributed by atoms with E-state index in [1.807, 2.05) is 59.5 Å². The van der Waals surface area contributed by atoms with E-state index in [2.05, 4.69) is 4.90 Å². The normalized spacial score (nSPS) is 14.2. The fourth-order valence-electron chi connectivity index (χ4n) is 3.96. The van der Waals surface area contributed by atoms with Crippen LogP contribution in [0.1, 0.15) is 11.1 Å². The second kappa shape index (κ2) is 9.99. The summed E-state index contributed by atoms with van der Waals surface area (Å²) in [6.07, 6.45) is 1.80. The van der Waals surface area contributed by atoms with Crippen LogP contribution >= 0.6 is 0 Å². The number of ether oxygens (including phenoxy) is 1. The standard InChI is InChI=1S/C26H25N3O4/c1-33-25-10-6-5-9-24(25)27-15-17-28(18-16-27)26(30)23(21-7-3-2-4-8-21)19-20-11-13-22(14-12-20)29(31)32/h2-14,19H,15-18H2,1H3/b23-19+. The van der Waals surface area contributed by atoms with Crippen LogP contribution in [0.3, 0.4) is 0 Å². The zero-order chi connectivity index (χ0) is 23.2. The molecule has 0 atom stereocenters. The Balaban J connectivity index is 1.56. The Morgan fingerprint density at radius 3 is 2.18 bits per heavy atom. The molecule has 0 spiro atoms. The third-order valence-corrected chi connectivity index (χ3v) is 5.72. The summed E-state index contributed by atoms with van der Waals surface area (Å²) in [6.45, 7) is 2.57. The van der Waals surface area contributed by atoms with Crippen LogP contribution in [0, 0.1) is 10.1 Å². The van der Waals surface area contributed by atoms with Gasteiger partial charge >= 0.3 is 0 Å². The second-order valence-electron chi connectivity index (χ2n) is 7.72. The van der Waals surface area contributed by atoms with Crippen LogP contribution < -0.4 is 9.64 Å². The van der Waals surface area contributed by atoms with Gasteiger partial charge in [-0.1, -0.05) is 42.5 Å². The molecule has 7 nitrogen and oxygen atoms in total. The van der Waals surface area contributed by atoms with E-state index >= 15 is 0 Å². The molecule has 0 unspecified atom stereocenters. The molecular formula is C26H25N3O4. The van der Waals surface area contributed by atoms with Crippen molar-refractivity contribution in [1.29, 1.82) is 0 Å².